The Morgan fingerprint density at radius 2 is 1.32 bits per heavy atom. The largest absolute Gasteiger partial charge is 0.309 e. The van der Waals surface area contributed by atoms with Gasteiger partial charge in [0.15, 0.2) is 17.5 Å². The number of benzene rings is 6. The van der Waals surface area contributed by atoms with Crippen LogP contribution in [-0.4, -0.2) is 37.9 Å². The van der Waals surface area contributed by atoms with Crippen LogP contribution in [0.2, 0.25) is 0 Å². The van der Waals surface area contributed by atoms with Crippen LogP contribution in [0.25, 0.3) is 70.6 Å². The molecule has 7 nitrogen and oxygen atoms in total. The number of hydrogen-bond acceptors (Lipinski definition) is 5. The Morgan fingerprint density at radius 3 is 2.09 bits per heavy atom. The van der Waals surface area contributed by atoms with Gasteiger partial charge in [-0.2, -0.15) is 0 Å². The molecule has 4 aromatic heterocycles. The lowest BCUT2D eigenvalue weighted by Crippen LogP contribution is -2.06. The molecule has 8 heteroatoms. The Labute approximate surface area is 332 Å². The van der Waals surface area contributed by atoms with Gasteiger partial charge in [-0.25, -0.2) is 20.0 Å². The first-order valence-electron chi connectivity index (χ1n) is 18.7. The first kappa shape index (κ1) is 34.1. The van der Waals surface area contributed by atoms with Gasteiger partial charge in [-0.1, -0.05) is 127 Å². The number of para-hydroxylation sites is 3. The molecule has 0 saturated carbocycles. The van der Waals surface area contributed by atoms with Gasteiger partial charge >= 0.3 is 0 Å². The predicted octanol–water partition coefficient (Wildman–Crippen LogP) is 11.8. The molecule has 4 heterocycles. The summed E-state index contributed by atoms with van der Waals surface area (Å²) in [4.78, 5) is 30.0. The second-order valence-electron chi connectivity index (χ2n) is 13.6. The highest BCUT2D eigenvalue weighted by atomic mass is 32.1. The molecule has 0 radical (unpaired) electrons. The van der Waals surface area contributed by atoms with Crippen molar-refractivity contribution in [1.82, 2.24) is 19.5 Å². The van der Waals surface area contributed by atoms with Gasteiger partial charge in [0.2, 0.25) is 0 Å². The summed E-state index contributed by atoms with van der Waals surface area (Å²) in [5, 5.41) is 3.40. The molecule has 0 unspecified atom stereocenters. The fourth-order valence-corrected chi connectivity index (χ4v) is 8.56. The third kappa shape index (κ3) is 6.28. The minimum Gasteiger partial charge on any atom is -0.309 e. The van der Waals surface area contributed by atoms with Gasteiger partial charge < -0.3 is 4.57 Å². The maximum Gasteiger partial charge on any atom is 0.162 e. The molecule has 0 aliphatic carbocycles. The molecule has 0 aliphatic rings. The predicted molar refractivity (Wildman–Crippen MR) is 237 cm³/mol. The first-order valence-corrected chi connectivity index (χ1v) is 19.5. The van der Waals surface area contributed by atoms with E-state index < -0.39 is 0 Å². The smallest absolute Gasteiger partial charge is 0.162 e. The van der Waals surface area contributed by atoms with E-state index in [4.69, 9.17) is 24.9 Å². The molecule has 57 heavy (non-hydrogen) atoms. The molecule has 0 saturated heterocycles. The summed E-state index contributed by atoms with van der Waals surface area (Å²) in [6, 6.07) is 57.8. The number of fused-ring (bicyclic) bond motifs is 6. The normalized spacial score (nSPS) is 12.2. The first-order chi connectivity index (χ1) is 28.2. The number of thiophene rings is 1. The Kier molecular flexibility index (Phi) is 8.78. The number of amidine groups is 2. The van der Waals surface area contributed by atoms with Crippen molar-refractivity contribution < 1.29 is 0 Å². The van der Waals surface area contributed by atoms with Crippen LogP contribution in [0, 0.1) is 0 Å². The molecular formula is C49H33N7S. The Hall–Kier alpha value is -7.42. The van der Waals surface area contributed by atoms with Gasteiger partial charge in [0.05, 0.1) is 33.5 Å². The van der Waals surface area contributed by atoms with E-state index in [0.717, 1.165) is 76.1 Å². The van der Waals surface area contributed by atoms with Crippen LogP contribution in [0.5, 0.6) is 0 Å². The zero-order valence-corrected chi connectivity index (χ0v) is 31.5. The minimum atomic E-state index is 0.448. The van der Waals surface area contributed by atoms with Crippen molar-refractivity contribution in [2.75, 3.05) is 0 Å². The highest BCUT2D eigenvalue weighted by Gasteiger charge is 2.22. The lowest BCUT2D eigenvalue weighted by atomic mass is 10.1. The zero-order chi connectivity index (χ0) is 38.1. The van der Waals surface area contributed by atoms with Gasteiger partial charge in [0, 0.05) is 49.4 Å². The van der Waals surface area contributed by atoms with Crippen LogP contribution >= 0.6 is 11.3 Å². The van der Waals surface area contributed by atoms with Crippen molar-refractivity contribution in [3.8, 4) is 28.5 Å². The quantitative estimate of drug-likeness (QED) is 0.120. The third-order valence-electron chi connectivity index (χ3n) is 10.1. The van der Waals surface area contributed by atoms with Crippen molar-refractivity contribution in [2.45, 2.75) is 6.54 Å². The number of aromatic nitrogens is 4. The molecule has 10 aromatic rings. The molecular weight excluding hydrogens is 719 g/mol. The van der Waals surface area contributed by atoms with Crippen LogP contribution in [0.4, 0.5) is 0 Å². The van der Waals surface area contributed by atoms with E-state index in [9.17, 15) is 0 Å². The van der Waals surface area contributed by atoms with Gasteiger partial charge in [-0.05, 0) is 54.7 Å². The molecule has 0 spiro atoms. The van der Waals surface area contributed by atoms with E-state index in [-0.39, 0.29) is 0 Å². The summed E-state index contributed by atoms with van der Waals surface area (Å²) < 4.78 is 4.45. The van der Waals surface area contributed by atoms with E-state index in [1.54, 1.807) is 11.3 Å². The Bertz CT molecular complexity index is 3150. The summed E-state index contributed by atoms with van der Waals surface area (Å²) in [6.07, 6.45) is 1.82. The molecule has 0 amide bonds. The van der Waals surface area contributed by atoms with Gasteiger partial charge in [-0.3, -0.25) is 9.98 Å². The van der Waals surface area contributed by atoms with Crippen LogP contribution in [0.15, 0.2) is 191 Å². The topological polar surface area (TPSA) is 80.7 Å². The summed E-state index contributed by atoms with van der Waals surface area (Å²) in [7, 11) is 0. The highest BCUT2D eigenvalue weighted by molar-refractivity contribution is 7.26. The monoisotopic (exact) mass is 751 g/mol. The number of hydrogen-bond donors (Lipinski definition) is 0. The molecule has 0 fully saturated rings. The fraction of sp³-hybridized carbons (Fsp3) is 0.0204. The lowest BCUT2D eigenvalue weighted by Gasteiger charge is -2.12. The Morgan fingerprint density at radius 1 is 0.614 bits per heavy atom. The Balaban J connectivity index is 1.15. The van der Waals surface area contributed by atoms with Crippen molar-refractivity contribution in [3.05, 3.63) is 193 Å². The third-order valence-corrected chi connectivity index (χ3v) is 11.2. The maximum atomic E-state index is 5.39. The number of aliphatic imine (C=N–C) groups is 3. The molecule has 0 aliphatic heterocycles. The SMILES string of the molecule is C=NC(=NC(=NCc1ccccc1)c1ccc(-c2nc(-c3cccc4c5ccccc5n(-c5ccccc5)c34)nc3c2sc2ccccc23)nc1)c1ccccc1. The zero-order valence-electron chi connectivity index (χ0n) is 30.7. The van der Waals surface area contributed by atoms with Gasteiger partial charge in [-0.15, -0.1) is 11.3 Å². The van der Waals surface area contributed by atoms with Crippen molar-refractivity contribution in [3.63, 3.8) is 0 Å². The average Bonchev–Trinajstić information content (AvgIpc) is 3.83. The van der Waals surface area contributed by atoms with E-state index in [1.165, 1.54) is 5.39 Å². The lowest BCUT2D eigenvalue weighted by molar-refractivity contribution is 1.06. The summed E-state index contributed by atoms with van der Waals surface area (Å²) in [6.45, 7) is 4.27. The molecule has 10 rings (SSSR count). The molecule has 6 aromatic carbocycles. The maximum absolute atomic E-state index is 5.39. The van der Waals surface area contributed by atoms with E-state index in [0.29, 0.717) is 24.0 Å². The van der Waals surface area contributed by atoms with Crippen LogP contribution in [0.3, 0.4) is 0 Å². The van der Waals surface area contributed by atoms with Gasteiger partial charge in [0.25, 0.3) is 0 Å². The van der Waals surface area contributed by atoms with Crippen LogP contribution in [-0.2, 0) is 6.54 Å². The molecule has 0 bridgehead atoms. The van der Waals surface area contributed by atoms with Crippen LogP contribution in [0.1, 0.15) is 16.7 Å². The van der Waals surface area contributed by atoms with E-state index >= 15 is 0 Å². The summed E-state index contributed by atoms with van der Waals surface area (Å²) >= 11 is 1.68. The summed E-state index contributed by atoms with van der Waals surface area (Å²) in [5.74, 6) is 1.64. The van der Waals surface area contributed by atoms with Crippen molar-refractivity contribution in [1.29, 1.82) is 0 Å². The van der Waals surface area contributed by atoms with Crippen molar-refractivity contribution >= 4 is 71.8 Å². The number of rotatable bonds is 7. The number of pyridine rings is 1. The van der Waals surface area contributed by atoms with Crippen LogP contribution < -0.4 is 0 Å². The van der Waals surface area contributed by atoms with E-state index in [2.05, 4.69) is 119 Å². The average molecular weight is 752 g/mol. The standard InChI is InChI=1S/C49H33N7S/c1-50-47(33-18-7-3-8-19-33)55-48(52-30-32-16-5-2-6-17-32)34-28-29-40(51-31-34)44-46-43(38-23-12-14-27-42(38)57-46)53-49(54-44)39-25-15-24-37-36-22-11-13-26-41(36)56(45(37)39)35-20-9-4-10-21-35/h2-29,31H,1,30H2. The molecule has 0 atom stereocenters. The second-order valence-corrected chi connectivity index (χ2v) is 14.6. The molecule has 270 valence electrons. The number of nitrogens with zero attached hydrogens (tertiary/aromatic N) is 7. The molecule has 0 N–H and O–H groups in total. The second kappa shape index (κ2) is 14.7. The van der Waals surface area contributed by atoms with Gasteiger partial charge in [0.1, 0.15) is 5.69 Å². The summed E-state index contributed by atoms with van der Waals surface area (Å²) in [5.41, 5.74) is 9.28. The highest BCUT2D eigenvalue weighted by Crippen LogP contribution is 2.41. The fourth-order valence-electron chi connectivity index (χ4n) is 7.41. The van der Waals surface area contributed by atoms with E-state index in [1.807, 2.05) is 72.9 Å². The van der Waals surface area contributed by atoms with Crippen molar-refractivity contribution in [2.24, 2.45) is 15.0 Å². The minimum absolute atomic E-state index is 0.448.